The smallest absolute Gasteiger partial charge is 0.244 e. The summed E-state index contributed by atoms with van der Waals surface area (Å²) in [6.45, 7) is 3.79. The Hall–Kier alpha value is -1.32. The van der Waals surface area contributed by atoms with Crippen LogP contribution < -0.4 is 5.32 Å². The Balaban J connectivity index is 2.68. The van der Waals surface area contributed by atoms with E-state index in [-0.39, 0.29) is 18.6 Å². The molecule has 0 aromatic heterocycles. The Morgan fingerprint density at radius 1 is 1.56 bits per heavy atom. The van der Waals surface area contributed by atoms with Gasteiger partial charge in [0.2, 0.25) is 5.91 Å². The number of halogens is 1. The molecule has 1 rings (SSSR count). The lowest BCUT2D eigenvalue weighted by Gasteiger charge is -2.11. The lowest BCUT2D eigenvalue weighted by Crippen LogP contribution is -2.31. The highest BCUT2D eigenvalue weighted by atomic mass is 35.5. The Kier molecular flexibility index (Phi) is 5.89. The van der Waals surface area contributed by atoms with Crippen LogP contribution in [0.15, 0.2) is 30.3 Å². The first-order valence-electron chi connectivity index (χ1n) is 5.88. The predicted molar refractivity (Wildman–Crippen MR) is 74.4 cm³/mol. The van der Waals surface area contributed by atoms with Gasteiger partial charge in [-0.05, 0) is 43.5 Å². The molecule has 98 valence electrons. The second kappa shape index (κ2) is 7.19. The normalized spacial score (nSPS) is 13.2. The van der Waals surface area contributed by atoms with E-state index in [2.05, 4.69) is 5.32 Å². The predicted octanol–water partition coefficient (Wildman–Crippen LogP) is 2.63. The lowest BCUT2D eigenvalue weighted by molar-refractivity contribution is -0.117. The highest BCUT2D eigenvalue weighted by molar-refractivity contribution is 6.30. The maximum Gasteiger partial charge on any atom is 0.244 e. The maximum atomic E-state index is 11.7. The van der Waals surface area contributed by atoms with E-state index < -0.39 is 0 Å². The minimum atomic E-state index is -0.159. The van der Waals surface area contributed by atoms with Gasteiger partial charge in [-0.15, -0.1) is 0 Å². The van der Waals surface area contributed by atoms with Crippen molar-refractivity contribution in [2.24, 2.45) is 0 Å². The zero-order chi connectivity index (χ0) is 13.5. The maximum absolute atomic E-state index is 11.7. The molecule has 0 bridgehead atoms. The lowest BCUT2D eigenvalue weighted by atomic mass is 10.1. The van der Waals surface area contributed by atoms with Gasteiger partial charge in [0, 0.05) is 23.7 Å². The van der Waals surface area contributed by atoms with Gasteiger partial charge in [0.25, 0.3) is 0 Å². The van der Waals surface area contributed by atoms with Crippen molar-refractivity contribution in [3.05, 3.63) is 40.9 Å². The molecule has 0 saturated heterocycles. The van der Waals surface area contributed by atoms with Gasteiger partial charge in [-0.3, -0.25) is 4.79 Å². The van der Waals surface area contributed by atoms with Crippen LogP contribution in [0.4, 0.5) is 0 Å². The van der Waals surface area contributed by atoms with E-state index in [1.165, 1.54) is 0 Å². The highest BCUT2D eigenvalue weighted by Crippen LogP contribution is 2.18. The number of hydrogen-bond donors (Lipinski definition) is 2. The minimum absolute atomic E-state index is 0.0362. The van der Waals surface area contributed by atoms with E-state index in [0.717, 1.165) is 11.1 Å². The molecule has 1 aromatic rings. The van der Waals surface area contributed by atoms with Gasteiger partial charge in [0.15, 0.2) is 0 Å². The van der Waals surface area contributed by atoms with Gasteiger partial charge >= 0.3 is 0 Å². The van der Waals surface area contributed by atoms with E-state index >= 15 is 0 Å². The van der Waals surface area contributed by atoms with Gasteiger partial charge < -0.3 is 10.4 Å². The molecule has 0 heterocycles. The third kappa shape index (κ3) is 4.90. The van der Waals surface area contributed by atoms with Gasteiger partial charge in [0.1, 0.15) is 0 Å². The number of aliphatic hydroxyl groups excluding tert-OH is 1. The van der Waals surface area contributed by atoms with E-state index in [1.54, 1.807) is 12.1 Å². The number of nitrogens with one attached hydrogen (secondary N) is 1. The van der Waals surface area contributed by atoms with Crippen molar-refractivity contribution < 1.29 is 9.90 Å². The molecule has 0 saturated carbocycles. The summed E-state index contributed by atoms with van der Waals surface area (Å²) in [5.74, 6) is -0.159. The third-order valence-electron chi connectivity index (χ3n) is 2.58. The molecule has 0 radical (unpaired) electrons. The summed E-state index contributed by atoms with van der Waals surface area (Å²) >= 11 is 5.90. The van der Waals surface area contributed by atoms with E-state index in [4.69, 9.17) is 16.7 Å². The second-order valence-electron chi connectivity index (χ2n) is 4.26. The van der Waals surface area contributed by atoms with Gasteiger partial charge in [0.05, 0.1) is 0 Å². The quantitative estimate of drug-likeness (QED) is 0.806. The number of benzene rings is 1. The van der Waals surface area contributed by atoms with E-state index in [0.29, 0.717) is 11.4 Å². The van der Waals surface area contributed by atoms with Crippen LogP contribution in [0, 0.1) is 0 Å². The first-order chi connectivity index (χ1) is 8.52. The second-order valence-corrected chi connectivity index (χ2v) is 4.70. The molecular formula is C14H18ClNO2. The number of carbonyl (C=O) groups excluding carboxylic acids is 1. The summed E-state index contributed by atoms with van der Waals surface area (Å²) in [6.07, 6.45) is 2.09. The number of allylic oxidation sites excluding steroid dienone is 1. The summed E-state index contributed by atoms with van der Waals surface area (Å²) in [4.78, 5) is 11.7. The number of amides is 1. The summed E-state index contributed by atoms with van der Waals surface area (Å²) in [7, 11) is 0. The molecule has 0 aliphatic heterocycles. The molecule has 0 fully saturated rings. The van der Waals surface area contributed by atoms with Gasteiger partial charge in [-0.2, -0.15) is 0 Å². The zero-order valence-electron chi connectivity index (χ0n) is 10.6. The van der Waals surface area contributed by atoms with Crippen LogP contribution in [-0.2, 0) is 4.79 Å². The fraction of sp³-hybridized carbons (Fsp3) is 0.357. The van der Waals surface area contributed by atoms with Crippen LogP contribution in [-0.4, -0.2) is 23.7 Å². The SMILES string of the molecule is C/C(=C/C(=O)N[C@H](C)CCO)c1cccc(Cl)c1. The van der Waals surface area contributed by atoms with Crippen LogP contribution in [0.3, 0.4) is 0 Å². The highest BCUT2D eigenvalue weighted by Gasteiger charge is 2.05. The van der Waals surface area contributed by atoms with Crippen LogP contribution in [0.25, 0.3) is 5.57 Å². The Morgan fingerprint density at radius 2 is 2.28 bits per heavy atom. The fourth-order valence-corrected chi connectivity index (χ4v) is 1.75. The van der Waals surface area contributed by atoms with Crippen molar-refractivity contribution in [3.8, 4) is 0 Å². The van der Waals surface area contributed by atoms with Crippen molar-refractivity contribution in [2.75, 3.05) is 6.61 Å². The molecular weight excluding hydrogens is 250 g/mol. The van der Waals surface area contributed by atoms with E-state index in [1.807, 2.05) is 32.0 Å². The largest absolute Gasteiger partial charge is 0.396 e. The van der Waals surface area contributed by atoms with Crippen LogP contribution >= 0.6 is 11.6 Å². The summed E-state index contributed by atoms with van der Waals surface area (Å²) < 4.78 is 0. The summed E-state index contributed by atoms with van der Waals surface area (Å²) in [5, 5.41) is 12.2. The number of aliphatic hydroxyl groups is 1. The topological polar surface area (TPSA) is 49.3 Å². The number of hydrogen-bond acceptors (Lipinski definition) is 2. The number of carbonyl (C=O) groups is 1. The average Bonchev–Trinajstić information content (AvgIpc) is 2.28. The van der Waals surface area contributed by atoms with Crippen molar-refractivity contribution in [3.63, 3.8) is 0 Å². The Bertz CT molecular complexity index is 443. The molecule has 4 heteroatoms. The Morgan fingerprint density at radius 3 is 2.89 bits per heavy atom. The molecule has 18 heavy (non-hydrogen) atoms. The first kappa shape index (κ1) is 14.7. The molecule has 0 unspecified atom stereocenters. The summed E-state index contributed by atoms with van der Waals surface area (Å²) in [6, 6.07) is 7.33. The average molecular weight is 268 g/mol. The van der Waals surface area contributed by atoms with Gasteiger partial charge in [-0.25, -0.2) is 0 Å². The zero-order valence-corrected chi connectivity index (χ0v) is 11.4. The van der Waals surface area contributed by atoms with Crippen molar-refractivity contribution in [1.82, 2.24) is 5.32 Å². The Labute approximate surface area is 112 Å². The van der Waals surface area contributed by atoms with Gasteiger partial charge in [-0.1, -0.05) is 23.7 Å². The molecule has 1 aromatic carbocycles. The monoisotopic (exact) mass is 267 g/mol. The van der Waals surface area contributed by atoms with Crippen molar-refractivity contribution in [1.29, 1.82) is 0 Å². The van der Waals surface area contributed by atoms with Crippen LogP contribution in [0.5, 0.6) is 0 Å². The molecule has 3 nitrogen and oxygen atoms in total. The van der Waals surface area contributed by atoms with Crippen LogP contribution in [0.2, 0.25) is 5.02 Å². The summed E-state index contributed by atoms with van der Waals surface area (Å²) in [5.41, 5.74) is 1.78. The molecule has 2 N–H and O–H groups in total. The molecule has 1 amide bonds. The fourth-order valence-electron chi connectivity index (χ4n) is 1.56. The van der Waals surface area contributed by atoms with Crippen LogP contribution in [0.1, 0.15) is 25.8 Å². The number of rotatable bonds is 5. The molecule has 1 atom stereocenters. The molecule has 0 aliphatic carbocycles. The first-order valence-corrected chi connectivity index (χ1v) is 6.26. The third-order valence-corrected chi connectivity index (χ3v) is 2.81. The molecule has 0 spiro atoms. The van der Waals surface area contributed by atoms with Crippen molar-refractivity contribution >= 4 is 23.1 Å². The molecule has 0 aliphatic rings. The standard InChI is InChI=1S/C14H18ClNO2/c1-10(12-4-3-5-13(15)9-12)8-14(18)16-11(2)6-7-17/h3-5,8-9,11,17H,6-7H2,1-2H3,(H,16,18)/b10-8-/t11-/m1/s1. The van der Waals surface area contributed by atoms with Crippen molar-refractivity contribution in [2.45, 2.75) is 26.3 Å². The van der Waals surface area contributed by atoms with E-state index in [9.17, 15) is 4.79 Å². The minimum Gasteiger partial charge on any atom is -0.396 e.